The lowest BCUT2D eigenvalue weighted by Gasteiger charge is -2.37. The lowest BCUT2D eigenvalue weighted by molar-refractivity contribution is -0.136. The number of hydrogen-bond acceptors (Lipinski definition) is 5. The number of aryl methyl sites for hydroxylation is 1. The SMILES string of the molecule is COC(=O)C1=C(C)NC2=C(C(=O)C[C@H](c3ccc(N(C)C)cc3)C2)[C@@H]1c1ccccc1C. The summed E-state index contributed by atoms with van der Waals surface area (Å²) in [5, 5.41) is 3.39. The monoisotopic (exact) mass is 430 g/mol. The molecule has 1 heterocycles. The Hall–Kier alpha value is -3.34. The molecule has 2 aromatic carbocycles. The molecule has 166 valence electrons. The van der Waals surface area contributed by atoms with Crippen LogP contribution in [0.25, 0.3) is 0 Å². The van der Waals surface area contributed by atoms with Crippen LogP contribution in [0.2, 0.25) is 0 Å². The quantitative estimate of drug-likeness (QED) is 0.719. The summed E-state index contributed by atoms with van der Waals surface area (Å²) in [4.78, 5) is 28.4. The number of ketones is 1. The van der Waals surface area contributed by atoms with Crippen LogP contribution in [0.3, 0.4) is 0 Å². The maximum Gasteiger partial charge on any atom is 0.336 e. The highest BCUT2D eigenvalue weighted by atomic mass is 16.5. The van der Waals surface area contributed by atoms with Crippen molar-refractivity contribution in [1.82, 2.24) is 5.32 Å². The average Bonchev–Trinajstić information content (AvgIpc) is 2.78. The van der Waals surface area contributed by atoms with Crippen molar-refractivity contribution in [2.45, 2.75) is 38.5 Å². The predicted octanol–water partition coefficient (Wildman–Crippen LogP) is 4.60. The molecule has 0 aromatic heterocycles. The molecule has 0 spiro atoms. The van der Waals surface area contributed by atoms with E-state index in [1.807, 2.05) is 52.2 Å². The van der Waals surface area contributed by atoms with Gasteiger partial charge in [-0.3, -0.25) is 4.79 Å². The molecule has 0 unspecified atom stereocenters. The van der Waals surface area contributed by atoms with Crippen molar-refractivity contribution in [3.05, 3.63) is 87.8 Å². The topological polar surface area (TPSA) is 58.6 Å². The number of ether oxygens (including phenoxy) is 1. The van der Waals surface area contributed by atoms with Crippen LogP contribution in [0.5, 0.6) is 0 Å². The van der Waals surface area contributed by atoms with E-state index in [2.05, 4.69) is 34.5 Å². The number of nitrogens with one attached hydrogen (secondary N) is 1. The summed E-state index contributed by atoms with van der Waals surface area (Å²) in [5.41, 5.74) is 7.20. The van der Waals surface area contributed by atoms with Gasteiger partial charge in [0.15, 0.2) is 5.78 Å². The van der Waals surface area contributed by atoms with Crippen molar-refractivity contribution < 1.29 is 14.3 Å². The van der Waals surface area contributed by atoms with Gasteiger partial charge in [-0.15, -0.1) is 0 Å². The van der Waals surface area contributed by atoms with Gasteiger partial charge in [-0.25, -0.2) is 4.79 Å². The summed E-state index contributed by atoms with van der Waals surface area (Å²) in [6.45, 7) is 3.91. The molecule has 5 nitrogen and oxygen atoms in total. The fourth-order valence-electron chi connectivity index (χ4n) is 4.92. The number of carbonyl (C=O) groups is 2. The van der Waals surface area contributed by atoms with Gasteiger partial charge >= 0.3 is 5.97 Å². The Bertz CT molecular complexity index is 1130. The Kier molecular flexibility index (Phi) is 5.92. The van der Waals surface area contributed by atoms with E-state index in [0.717, 1.165) is 40.2 Å². The molecular weight excluding hydrogens is 400 g/mol. The summed E-state index contributed by atoms with van der Waals surface area (Å²) in [5.74, 6) is -0.619. The number of allylic oxidation sites excluding steroid dienone is 3. The Morgan fingerprint density at radius 2 is 1.72 bits per heavy atom. The van der Waals surface area contributed by atoms with Gasteiger partial charge in [0.2, 0.25) is 0 Å². The number of Topliss-reactive ketones (excluding diaryl/α,β-unsaturated/α-hetero) is 1. The van der Waals surface area contributed by atoms with Crippen molar-refractivity contribution in [2.24, 2.45) is 0 Å². The molecule has 1 aliphatic heterocycles. The van der Waals surface area contributed by atoms with Crippen LogP contribution in [-0.2, 0) is 14.3 Å². The fourth-order valence-corrected chi connectivity index (χ4v) is 4.92. The molecule has 32 heavy (non-hydrogen) atoms. The van der Waals surface area contributed by atoms with Gasteiger partial charge in [-0.2, -0.15) is 0 Å². The Morgan fingerprint density at radius 3 is 2.34 bits per heavy atom. The van der Waals surface area contributed by atoms with Crippen LogP contribution in [0.15, 0.2) is 71.1 Å². The fraction of sp³-hybridized carbons (Fsp3) is 0.333. The van der Waals surface area contributed by atoms with E-state index >= 15 is 0 Å². The number of nitrogens with zero attached hydrogens (tertiary/aromatic N) is 1. The average molecular weight is 431 g/mol. The normalized spacial score (nSPS) is 20.6. The van der Waals surface area contributed by atoms with Crippen LogP contribution < -0.4 is 10.2 Å². The number of rotatable bonds is 4. The van der Waals surface area contributed by atoms with Gasteiger partial charge in [0, 0.05) is 49.1 Å². The predicted molar refractivity (Wildman–Crippen MR) is 127 cm³/mol. The zero-order valence-corrected chi connectivity index (χ0v) is 19.4. The molecule has 0 radical (unpaired) electrons. The molecule has 2 aromatic rings. The number of esters is 1. The van der Waals surface area contributed by atoms with Crippen LogP contribution in [0.4, 0.5) is 5.69 Å². The van der Waals surface area contributed by atoms with Crippen LogP contribution >= 0.6 is 0 Å². The molecule has 2 aliphatic rings. The highest BCUT2D eigenvalue weighted by Crippen LogP contribution is 2.46. The third-order valence-electron chi connectivity index (χ3n) is 6.61. The highest BCUT2D eigenvalue weighted by molar-refractivity contribution is 6.04. The highest BCUT2D eigenvalue weighted by Gasteiger charge is 2.41. The molecule has 1 aliphatic carbocycles. The first-order valence-corrected chi connectivity index (χ1v) is 11.0. The van der Waals surface area contributed by atoms with Gasteiger partial charge in [-0.1, -0.05) is 36.4 Å². The van der Waals surface area contributed by atoms with Gasteiger partial charge in [-0.05, 0) is 55.0 Å². The molecular formula is C27H30N2O3. The van der Waals surface area contributed by atoms with E-state index in [1.165, 1.54) is 7.11 Å². The number of benzene rings is 2. The molecule has 0 bridgehead atoms. The first kappa shape index (κ1) is 21.9. The van der Waals surface area contributed by atoms with Gasteiger partial charge in [0.1, 0.15) is 0 Å². The van der Waals surface area contributed by atoms with E-state index in [1.54, 1.807) is 0 Å². The largest absolute Gasteiger partial charge is 0.466 e. The maximum atomic E-state index is 13.6. The summed E-state index contributed by atoms with van der Waals surface area (Å²) in [6, 6.07) is 16.4. The second-order valence-corrected chi connectivity index (χ2v) is 8.85. The third kappa shape index (κ3) is 3.83. The smallest absolute Gasteiger partial charge is 0.336 e. The lowest BCUT2D eigenvalue weighted by atomic mass is 9.71. The Balaban J connectivity index is 1.77. The molecule has 5 heteroatoms. The van der Waals surface area contributed by atoms with Crippen molar-refractivity contribution in [3.63, 3.8) is 0 Å². The first-order valence-electron chi connectivity index (χ1n) is 11.0. The molecule has 2 atom stereocenters. The second kappa shape index (κ2) is 8.65. The zero-order valence-electron chi connectivity index (χ0n) is 19.4. The maximum absolute atomic E-state index is 13.6. The van der Waals surface area contributed by atoms with Crippen LogP contribution in [0, 0.1) is 6.92 Å². The minimum absolute atomic E-state index is 0.0857. The van der Waals surface area contributed by atoms with Gasteiger partial charge < -0.3 is 15.0 Å². The zero-order chi connectivity index (χ0) is 23.0. The number of dihydropyridines is 1. The minimum atomic E-state index is -0.413. The van der Waals surface area contributed by atoms with Crippen molar-refractivity contribution >= 4 is 17.4 Å². The van der Waals surface area contributed by atoms with Gasteiger partial charge in [0.05, 0.1) is 12.7 Å². The summed E-state index contributed by atoms with van der Waals surface area (Å²) in [6.07, 6.45) is 1.16. The summed E-state index contributed by atoms with van der Waals surface area (Å²) in [7, 11) is 5.42. The van der Waals surface area contributed by atoms with Crippen LogP contribution in [0.1, 0.15) is 48.3 Å². The number of hydrogen-bond donors (Lipinski definition) is 1. The Morgan fingerprint density at radius 1 is 1.03 bits per heavy atom. The molecule has 4 rings (SSSR count). The summed E-state index contributed by atoms with van der Waals surface area (Å²) >= 11 is 0. The first-order chi connectivity index (χ1) is 15.3. The Labute approximate surface area is 189 Å². The molecule has 0 fully saturated rings. The van der Waals surface area contributed by atoms with Gasteiger partial charge in [0.25, 0.3) is 0 Å². The minimum Gasteiger partial charge on any atom is -0.466 e. The lowest BCUT2D eigenvalue weighted by Crippen LogP contribution is -2.36. The van der Waals surface area contributed by atoms with E-state index in [4.69, 9.17) is 4.74 Å². The number of methoxy groups -OCH3 is 1. The molecule has 1 N–H and O–H groups in total. The number of carbonyl (C=O) groups excluding carboxylic acids is 2. The molecule has 0 saturated carbocycles. The summed E-state index contributed by atoms with van der Waals surface area (Å²) < 4.78 is 5.11. The van der Waals surface area contributed by atoms with E-state index in [0.29, 0.717) is 17.6 Å². The van der Waals surface area contributed by atoms with Crippen LogP contribution in [-0.4, -0.2) is 33.0 Å². The van der Waals surface area contributed by atoms with E-state index < -0.39 is 11.9 Å². The molecule has 0 saturated heterocycles. The number of anilines is 1. The third-order valence-corrected chi connectivity index (χ3v) is 6.61. The van der Waals surface area contributed by atoms with Crippen molar-refractivity contribution in [2.75, 3.05) is 26.1 Å². The standard InChI is InChI=1S/C27H30N2O3/c1-16-8-6-7-9-21(16)25-24(27(31)32-5)17(2)28-22-14-19(15-23(30)26(22)25)18-10-12-20(13-11-18)29(3)4/h6-13,19,25,28H,14-15H2,1-5H3/t19-,25-/m1/s1. The van der Waals surface area contributed by atoms with E-state index in [-0.39, 0.29) is 11.7 Å². The van der Waals surface area contributed by atoms with E-state index in [9.17, 15) is 9.59 Å². The van der Waals surface area contributed by atoms with Crippen molar-refractivity contribution in [3.8, 4) is 0 Å². The second-order valence-electron chi connectivity index (χ2n) is 8.85. The van der Waals surface area contributed by atoms with Crippen molar-refractivity contribution in [1.29, 1.82) is 0 Å². The molecule has 0 amide bonds.